The average molecular weight is 250 g/mol. The highest BCUT2D eigenvalue weighted by atomic mass is 35.5. The molecule has 2 aromatic heterocycles. The summed E-state index contributed by atoms with van der Waals surface area (Å²) in [5.74, 6) is 0. The van der Waals surface area contributed by atoms with E-state index in [-0.39, 0.29) is 23.0 Å². The first-order valence-corrected chi connectivity index (χ1v) is 4.75. The smallest absolute Gasteiger partial charge is 0.270 e. The van der Waals surface area contributed by atoms with E-state index in [0.29, 0.717) is 0 Å². The molecular formula is C11H8ClN3O2. The van der Waals surface area contributed by atoms with E-state index in [0.717, 1.165) is 21.8 Å². The molecular weight excluding hydrogens is 242 g/mol. The Balaban J connectivity index is 0.00000108. The van der Waals surface area contributed by atoms with Crippen molar-refractivity contribution in [3.63, 3.8) is 0 Å². The number of benzene rings is 1. The number of hydrogen-bond acceptors (Lipinski definition) is 3. The van der Waals surface area contributed by atoms with Gasteiger partial charge in [-0.05, 0) is 12.1 Å². The van der Waals surface area contributed by atoms with Gasteiger partial charge in [0.05, 0.1) is 16.6 Å². The first kappa shape index (κ1) is 11.3. The number of fused-ring (bicyclic) bond motifs is 3. The number of H-pyrrole nitrogens is 1. The molecule has 0 fully saturated rings. The number of nitrogens with one attached hydrogen (secondary N) is 1. The predicted molar refractivity (Wildman–Crippen MR) is 67.5 cm³/mol. The van der Waals surface area contributed by atoms with Gasteiger partial charge >= 0.3 is 0 Å². The Morgan fingerprint density at radius 1 is 1.18 bits per heavy atom. The summed E-state index contributed by atoms with van der Waals surface area (Å²) < 4.78 is 0. The molecule has 2 heterocycles. The van der Waals surface area contributed by atoms with E-state index in [1.807, 2.05) is 6.07 Å². The van der Waals surface area contributed by atoms with Gasteiger partial charge < -0.3 is 4.98 Å². The molecule has 0 unspecified atom stereocenters. The second-order valence-corrected chi connectivity index (χ2v) is 3.53. The van der Waals surface area contributed by atoms with Gasteiger partial charge in [0.2, 0.25) is 0 Å². The summed E-state index contributed by atoms with van der Waals surface area (Å²) in [6, 6.07) is 6.63. The monoisotopic (exact) mass is 249 g/mol. The molecule has 0 spiro atoms. The Labute approximate surface area is 102 Å². The fourth-order valence-corrected chi connectivity index (χ4v) is 1.85. The lowest BCUT2D eigenvalue weighted by atomic mass is 10.2. The molecule has 1 aromatic carbocycles. The van der Waals surface area contributed by atoms with E-state index in [9.17, 15) is 10.1 Å². The first-order valence-electron chi connectivity index (χ1n) is 4.75. The molecule has 86 valence electrons. The van der Waals surface area contributed by atoms with Crippen LogP contribution in [0.1, 0.15) is 0 Å². The Morgan fingerprint density at radius 3 is 2.76 bits per heavy atom. The van der Waals surface area contributed by atoms with Crippen LogP contribution >= 0.6 is 12.4 Å². The standard InChI is InChI=1S/C11H7N3O2.ClH/c15-14(16)7-1-2-10-9(5-7)8-3-4-12-6-11(8)13-10;/h1-6,13H;1H. The third-order valence-electron chi connectivity index (χ3n) is 2.59. The van der Waals surface area contributed by atoms with E-state index in [1.54, 1.807) is 24.5 Å². The van der Waals surface area contributed by atoms with Gasteiger partial charge in [-0.2, -0.15) is 0 Å². The molecule has 6 heteroatoms. The predicted octanol–water partition coefficient (Wildman–Crippen LogP) is 3.05. The topological polar surface area (TPSA) is 71.8 Å². The van der Waals surface area contributed by atoms with Crippen LogP contribution in [0.5, 0.6) is 0 Å². The third-order valence-corrected chi connectivity index (χ3v) is 2.59. The summed E-state index contributed by atoms with van der Waals surface area (Å²) >= 11 is 0. The quantitative estimate of drug-likeness (QED) is 0.532. The van der Waals surface area contributed by atoms with Gasteiger partial charge in [-0.1, -0.05) is 0 Å². The zero-order chi connectivity index (χ0) is 11.1. The minimum Gasteiger partial charge on any atom is -0.353 e. The summed E-state index contributed by atoms with van der Waals surface area (Å²) in [6.45, 7) is 0. The van der Waals surface area contributed by atoms with E-state index in [2.05, 4.69) is 9.97 Å². The number of nitro groups is 1. The van der Waals surface area contributed by atoms with Gasteiger partial charge in [-0.25, -0.2) is 0 Å². The van der Waals surface area contributed by atoms with E-state index in [1.165, 1.54) is 6.07 Å². The Morgan fingerprint density at radius 2 is 2.00 bits per heavy atom. The normalized spacial score (nSPS) is 10.4. The second kappa shape index (κ2) is 4.03. The number of pyridine rings is 1. The molecule has 3 aromatic rings. The molecule has 0 aliphatic heterocycles. The molecule has 0 aliphatic carbocycles. The fraction of sp³-hybridized carbons (Fsp3) is 0. The molecule has 5 nitrogen and oxygen atoms in total. The van der Waals surface area contributed by atoms with Crippen molar-refractivity contribution < 1.29 is 4.92 Å². The van der Waals surface area contributed by atoms with E-state index in [4.69, 9.17) is 0 Å². The summed E-state index contributed by atoms with van der Waals surface area (Å²) in [4.78, 5) is 17.5. The van der Waals surface area contributed by atoms with Gasteiger partial charge in [0.25, 0.3) is 5.69 Å². The van der Waals surface area contributed by atoms with Crippen LogP contribution in [-0.4, -0.2) is 14.9 Å². The second-order valence-electron chi connectivity index (χ2n) is 3.53. The molecule has 0 aliphatic rings. The van der Waals surface area contributed by atoms with Gasteiger partial charge in [0.15, 0.2) is 0 Å². The first-order chi connectivity index (χ1) is 7.75. The molecule has 17 heavy (non-hydrogen) atoms. The van der Waals surface area contributed by atoms with Crippen molar-refractivity contribution in [1.82, 2.24) is 9.97 Å². The highest BCUT2D eigenvalue weighted by Crippen LogP contribution is 2.27. The van der Waals surface area contributed by atoms with Crippen molar-refractivity contribution in [3.8, 4) is 0 Å². The van der Waals surface area contributed by atoms with Crippen LogP contribution in [-0.2, 0) is 0 Å². The maximum atomic E-state index is 10.7. The zero-order valence-corrected chi connectivity index (χ0v) is 9.40. The lowest BCUT2D eigenvalue weighted by molar-refractivity contribution is -0.384. The SMILES string of the molecule is Cl.O=[N+]([O-])c1ccc2[nH]c3cnccc3c2c1. The van der Waals surface area contributed by atoms with Crippen LogP contribution in [0.25, 0.3) is 21.8 Å². The molecule has 1 N–H and O–H groups in total. The highest BCUT2D eigenvalue weighted by molar-refractivity contribution is 6.07. The number of nitrogens with zero attached hydrogens (tertiary/aromatic N) is 2. The van der Waals surface area contributed by atoms with Gasteiger partial charge in [0, 0.05) is 34.6 Å². The summed E-state index contributed by atoms with van der Waals surface area (Å²) in [5.41, 5.74) is 1.87. The number of aromatic amines is 1. The minimum atomic E-state index is -0.389. The van der Waals surface area contributed by atoms with Gasteiger partial charge in [-0.15, -0.1) is 12.4 Å². The molecule has 0 bridgehead atoms. The summed E-state index contributed by atoms with van der Waals surface area (Å²) in [5, 5.41) is 12.5. The molecule has 0 saturated carbocycles. The van der Waals surface area contributed by atoms with Crippen molar-refractivity contribution in [3.05, 3.63) is 46.8 Å². The van der Waals surface area contributed by atoms with Crippen LogP contribution in [0, 0.1) is 10.1 Å². The summed E-state index contributed by atoms with van der Waals surface area (Å²) in [7, 11) is 0. The molecule has 0 amide bonds. The average Bonchev–Trinajstić information content (AvgIpc) is 2.66. The van der Waals surface area contributed by atoms with Crippen LogP contribution < -0.4 is 0 Å². The maximum Gasteiger partial charge on any atom is 0.270 e. The van der Waals surface area contributed by atoms with Crippen LogP contribution in [0.3, 0.4) is 0 Å². The van der Waals surface area contributed by atoms with Crippen molar-refractivity contribution in [2.24, 2.45) is 0 Å². The van der Waals surface area contributed by atoms with Crippen molar-refractivity contribution in [1.29, 1.82) is 0 Å². The molecule has 0 atom stereocenters. The number of rotatable bonds is 1. The van der Waals surface area contributed by atoms with Gasteiger partial charge in [-0.3, -0.25) is 15.1 Å². The van der Waals surface area contributed by atoms with Crippen LogP contribution in [0.4, 0.5) is 5.69 Å². The largest absolute Gasteiger partial charge is 0.353 e. The maximum absolute atomic E-state index is 10.7. The van der Waals surface area contributed by atoms with Crippen LogP contribution in [0.15, 0.2) is 36.7 Å². The Hall–Kier alpha value is -2.14. The fourth-order valence-electron chi connectivity index (χ4n) is 1.85. The van der Waals surface area contributed by atoms with Gasteiger partial charge in [0.1, 0.15) is 0 Å². The Bertz CT molecular complexity index is 708. The number of nitro benzene ring substituents is 1. The number of aromatic nitrogens is 2. The molecule has 0 saturated heterocycles. The van der Waals surface area contributed by atoms with Crippen molar-refractivity contribution in [2.45, 2.75) is 0 Å². The molecule has 3 rings (SSSR count). The zero-order valence-electron chi connectivity index (χ0n) is 8.58. The van der Waals surface area contributed by atoms with Crippen molar-refractivity contribution >= 4 is 39.9 Å². The Kier molecular flexibility index (Phi) is 2.69. The third kappa shape index (κ3) is 1.70. The minimum absolute atomic E-state index is 0. The molecule has 0 radical (unpaired) electrons. The summed E-state index contributed by atoms with van der Waals surface area (Å²) in [6.07, 6.45) is 3.38. The number of halogens is 1. The van der Waals surface area contributed by atoms with Crippen LogP contribution in [0.2, 0.25) is 0 Å². The lowest BCUT2D eigenvalue weighted by Gasteiger charge is -1.92. The van der Waals surface area contributed by atoms with E-state index >= 15 is 0 Å². The number of non-ortho nitro benzene ring substituents is 1. The van der Waals surface area contributed by atoms with Crippen molar-refractivity contribution in [2.75, 3.05) is 0 Å². The van der Waals surface area contributed by atoms with E-state index < -0.39 is 0 Å². The lowest BCUT2D eigenvalue weighted by Crippen LogP contribution is -1.86. The number of hydrogen-bond donors (Lipinski definition) is 1. The highest BCUT2D eigenvalue weighted by Gasteiger charge is 2.09.